The lowest BCUT2D eigenvalue weighted by atomic mass is 9.80. The lowest BCUT2D eigenvalue weighted by Gasteiger charge is -2.45. The van der Waals surface area contributed by atoms with Crippen molar-refractivity contribution in [3.8, 4) is 6.07 Å². The summed E-state index contributed by atoms with van der Waals surface area (Å²) in [5.74, 6) is -0.676. The van der Waals surface area contributed by atoms with Crippen molar-refractivity contribution in [1.82, 2.24) is 0 Å². The summed E-state index contributed by atoms with van der Waals surface area (Å²) in [7, 11) is 2.19. The van der Waals surface area contributed by atoms with Crippen molar-refractivity contribution in [2.24, 2.45) is 0 Å². The Morgan fingerprint density at radius 2 is 1.60 bits per heavy atom. The average Bonchev–Trinajstić information content (AvgIpc) is 3.47. The second-order valence-electron chi connectivity index (χ2n) is 9.42. The Kier molecular flexibility index (Phi) is 7.11. The molecule has 1 atom stereocenters. The van der Waals surface area contributed by atoms with Gasteiger partial charge in [-0.25, -0.2) is 4.79 Å². The van der Waals surface area contributed by atoms with Gasteiger partial charge < -0.3 is 10.0 Å². The van der Waals surface area contributed by atoms with Crippen LogP contribution in [-0.4, -0.2) is 23.7 Å². The van der Waals surface area contributed by atoms with Crippen LogP contribution < -0.4 is 4.90 Å². The number of benzene rings is 1. The van der Waals surface area contributed by atoms with Crippen LogP contribution in [0.1, 0.15) is 63.7 Å². The van der Waals surface area contributed by atoms with Crippen molar-refractivity contribution in [2.75, 3.05) is 11.9 Å². The molecule has 0 fully saturated rings. The molecule has 0 amide bonds. The lowest BCUT2D eigenvalue weighted by molar-refractivity contribution is -0.132. The summed E-state index contributed by atoms with van der Waals surface area (Å²) in [5.41, 5.74) is 3.87. The Labute approximate surface area is 214 Å². The molecule has 35 heavy (non-hydrogen) atoms. The second-order valence-corrected chi connectivity index (χ2v) is 11.7. The van der Waals surface area contributed by atoms with Crippen LogP contribution in [0, 0.1) is 11.3 Å². The molecule has 0 spiro atoms. The van der Waals surface area contributed by atoms with Crippen molar-refractivity contribution < 1.29 is 9.90 Å². The highest BCUT2D eigenvalue weighted by molar-refractivity contribution is 7.14. The quantitative estimate of drug-likeness (QED) is 0.276. The fraction of sp³-hybridized carbons (Fsp3) is 0.241. The summed E-state index contributed by atoms with van der Waals surface area (Å²) in [5, 5.41) is 17.9. The summed E-state index contributed by atoms with van der Waals surface area (Å²) in [4.78, 5) is 17.5. The lowest BCUT2D eigenvalue weighted by Crippen LogP contribution is -2.45. The Morgan fingerprint density at radius 1 is 1.03 bits per heavy atom. The Hall–Kier alpha value is -3.40. The largest absolute Gasteiger partial charge is 0.477 e. The number of nitrogens with zero attached hydrogens (tertiary/aromatic N) is 2. The van der Waals surface area contributed by atoms with Gasteiger partial charge in [0.05, 0.1) is 0 Å². The summed E-state index contributed by atoms with van der Waals surface area (Å²) in [6.45, 7) is 6.93. The number of thiophene rings is 2. The number of hydrogen-bond acceptors (Lipinski definition) is 5. The summed E-state index contributed by atoms with van der Waals surface area (Å²) < 4.78 is 0. The smallest absolute Gasteiger partial charge is 0.346 e. The van der Waals surface area contributed by atoms with Crippen molar-refractivity contribution in [2.45, 2.75) is 38.6 Å². The van der Waals surface area contributed by atoms with Gasteiger partial charge in [-0.1, -0.05) is 19.1 Å². The molecule has 3 aromatic rings. The maximum atomic E-state index is 11.0. The van der Waals surface area contributed by atoms with Crippen LogP contribution in [0.5, 0.6) is 0 Å². The molecule has 1 aliphatic heterocycles. The number of fused-ring (bicyclic) bond motifs is 1. The van der Waals surface area contributed by atoms with Crippen molar-refractivity contribution in [3.63, 3.8) is 0 Å². The van der Waals surface area contributed by atoms with Gasteiger partial charge in [-0.15, -0.1) is 22.7 Å². The summed E-state index contributed by atoms with van der Waals surface area (Å²) >= 11 is 3.16. The highest BCUT2D eigenvalue weighted by atomic mass is 32.1. The number of carbonyl (C=O) groups is 1. The van der Waals surface area contributed by atoms with Gasteiger partial charge in [0.15, 0.2) is 0 Å². The van der Waals surface area contributed by atoms with Gasteiger partial charge in [-0.3, -0.25) is 0 Å². The fourth-order valence-corrected chi connectivity index (χ4v) is 6.08. The van der Waals surface area contributed by atoms with E-state index in [9.17, 15) is 4.79 Å². The Morgan fingerprint density at radius 3 is 2.20 bits per heavy atom. The van der Waals surface area contributed by atoms with E-state index in [1.807, 2.05) is 18.2 Å². The molecule has 1 aliphatic rings. The molecular formula is C29H28N2O2S2. The highest BCUT2D eigenvalue weighted by Gasteiger charge is 2.33. The standard InChI is InChI=1S/C29H28N2O2S2/c1-19-17-29(2,3)31(4)27-14-6-20(15-26(19)27)5-7-22-8-9-23(34-22)10-11-24-12-13-25(35-24)16-21(18-30)28(32)33/h5-16,19H,17H2,1-4H3,(H,32,33)/b7-5+,11-10+,21-16+. The van der Waals surface area contributed by atoms with Gasteiger partial charge in [-0.05, 0) is 98.0 Å². The molecular weight excluding hydrogens is 472 g/mol. The molecule has 1 N–H and O–H groups in total. The van der Waals surface area contributed by atoms with Crippen LogP contribution in [0.25, 0.3) is 30.4 Å². The number of aliphatic carboxylic acids is 1. The summed E-state index contributed by atoms with van der Waals surface area (Å²) in [6.07, 6.45) is 11.0. The van der Waals surface area contributed by atoms with Gasteiger partial charge in [0.25, 0.3) is 0 Å². The zero-order valence-electron chi connectivity index (χ0n) is 20.3. The third-order valence-corrected chi connectivity index (χ3v) is 8.46. The van der Waals surface area contributed by atoms with Crippen LogP contribution in [0.4, 0.5) is 5.69 Å². The SMILES string of the molecule is CC1CC(C)(C)N(C)c2ccc(/C=C/c3ccc(/C=C/c4ccc(/C=C(\C#N)C(=O)O)s4)s3)cc21. The minimum Gasteiger partial charge on any atom is -0.477 e. The zero-order valence-corrected chi connectivity index (χ0v) is 21.9. The molecule has 0 bridgehead atoms. The molecule has 6 heteroatoms. The predicted octanol–water partition coefficient (Wildman–Crippen LogP) is 7.86. The normalized spacial score (nSPS) is 17.6. The maximum Gasteiger partial charge on any atom is 0.346 e. The minimum atomic E-state index is -1.21. The van der Waals surface area contributed by atoms with Crippen molar-refractivity contribution in [1.29, 1.82) is 5.26 Å². The molecule has 1 aromatic carbocycles. The molecule has 0 radical (unpaired) electrons. The highest BCUT2D eigenvalue weighted by Crippen LogP contribution is 2.42. The van der Waals surface area contributed by atoms with Crippen LogP contribution >= 0.6 is 22.7 Å². The monoisotopic (exact) mass is 500 g/mol. The van der Waals surface area contributed by atoms with E-state index in [4.69, 9.17) is 10.4 Å². The first kappa shape index (κ1) is 24.7. The summed E-state index contributed by atoms with van der Waals surface area (Å²) in [6, 6.07) is 16.4. The molecule has 4 nitrogen and oxygen atoms in total. The van der Waals surface area contributed by atoms with Crippen LogP contribution in [0.2, 0.25) is 0 Å². The number of nitriles is 1. The molecule has 1 unspecified atom stereocenters. The number of carboxylic acid groups (broad SMARTS) is 1. The minimum absolute atomic E-state index is 0.171. The van der Waals surface area contributed by atoms with Gasteiger partial charge >= 0.3 is 5.97 Å². The fourth-order valence-electron chi connectivity index (χ4n) is 4.41. The second kappa shape index (κ2) is 10.1. The molecule has 4 rings (SSSR count). The van der Waals surface area contributed by atoms with E-state index < -0.39 is 5.97 Å². The first-order valence-corrected chi connectivity index (χ1v) is 13.1. The van der Waals surface area contributed by atoms with Gasteiger partial charge in [0.2, 0.25) is 0 Å². The molecule has 0 saturated heterocycles. The third kappa shape index (κ3) is 5.64. The van der Waals surface area contributed by atoms with Gasteiger partial charge in [0.1, 0.15) is 11.6 Å². The number of anilines is 1. The van der Waals surface area contributed by atoms with Crippen molar-refractivity contribution >= 4 is 64.7 Å². The van der Waals surface area contributed by atoms with Gasteiger partial charge in [-0.2, -0.15) is 5.26 Å². The van der Waals surface area contributed by atoms with Crippen LogP contribution in [0.15, 0.2) is 48.0 Å². The van der Waals surface area contributed by atoms with E-state index in [2.05, 4.69) is 81.3 Å². The zero-order chi connectivity index (χ0) is 25.2. The van der Waals surface area contributed by atoms with E-state index in [0.29, 0.717) is 5.92 Å². The molecule has 0 aliphatic carbocycles. The van der Waals surface area contributed by atoms with E-state index in [-0.39, 0.29) is 11.1 Å². The average molecular weight is 501 g/mol. The Bertz CT molecular complexity index is 1380. The van der Waals surface area contributed by atoms with Crippen molar-refractivity contribution in [3.05, 3.63) is 78.7 Å². The Balaban J connectivity index is 1.44. The van der Waals surface area contributed by atoms with Crippen LogP contribution in [0.3, 0.4) is 0 Å². The first-order chi connectivity index (χ1) is 16.7. The van der Waals surface area contributed by atoms with Crippen LogP contribution in [-0.2, 0) is 4.79 Å². The number of carboxylic acids is 1. The number of hydrogen-bond donors (Lipinski definition) is 1. The van der Waals surface area contributed by atoms with Gasteiger partial charge in [0, 0.05) is 37.8 Å². The maximum absolute atomic E-state index is 11.0. The predicted molar refractivity (Wildman–Crippen MR) is 150 cm³/mol. The molecule has 2 aromatic heterocycles. The molecule has 3 heterocycles. The topological polar surface area (TPSA) is 64.3 Å². The van der Waals surface area contributed by atoms with E-state index >= 15 is 0 Å². The van der Waals surface area contributed by atoms with E-state index in [1.165, 1.54) is 39.1 Å². The van der Waals surface area contributed by atoms with E-state index in [0.717, 1.165) is 21.1 Å². The molecule has 178 valence electrons. The van der Waals surface area contributed by atoms with E-state index in [1.54, 1.807) is 17.4 Å². The third-order valence-electron chi connectivity index (χ3n) is 6.44. The molecule has 0 saturated carbocycles. The first-order valence-electron chi connectivity index (χ1n) is 11.4. The number of rotatable bonds is 6.